The molecule has 2 aromatic carbocycles. The van der Waals surface area contributed by atoms with Crippen LogP contribution < -0.4 is 16.0 Å². The van der Waals surface area contributed by atoms with Crippen LogP contribution in [0.25, 0.3) is 0 Å². The van der Waals surface area contributed by atoms with Crippen molar-refractivity contribution in [1.29, 1.82) is 0 Å². The van der Waals surface area contributed by atoms with E-state index in [1.807, 2.05) is 13.0 Å². The number of halogens is 2. The topological polar surface area (TPSA) is 65.5 Å². The van der Waals surface area contributed by atoms with Crippen molar-refractivity contribution in [1.82, 2.24) is 16.0 Å². The van der Waals surface area contributed by atoms with Crippen molar-refractivity contribution >= 4 is 23.5 Å². The molecule has 0 aliphatic heterocycles. The molecule has 0 aliphatic carbocycles. The summed E-state index contributed by atoms with van der Waals surface area (Å²) in [4.78, 5) is 16.5. The average Bonchev–Trinajstić information content (AvgIpc) is 2.63. The van der Waals surface area contributed by atoms with E-state index in [2.05, 4.69) is 20.9 Å². The molecule has 0 radical (unpaired) electrons. The van der Waals surface area contributed by atoms with Crippen molar-refractivity contribution in [2.24, 2.45) is 4.99 Å². The van der Waals surface area contributed by atoms with E-state index in [1.165, 1.54) is 12.1 Å². The number of amides is 1. The zero-order valence-corrected chi connectivity index (χ0v) is 15.3. The number of benzene rings is 2. The van der Waals surface area contributed by atoms with Crippen LogP contribution in [0.2, 0.25) is 5.02 Å². The zero-order chi connectivity index (χ0) is 18.8. The van der Waals surface area contributed by atoms with Gasteiger partial charge in [0.1, 0.15) is 5.82 Å². The second kappa shape index (κ2) is 10.4. The SMILES string of the molecule is CCNC(=NCc1cccc(F)c1)NCCNC(=O)c1ccccc1Cl. The van der Waals surface area contributed by atoms with Crippen LogP contribution in [0.1, 0.15) is 22.8 Å². The molecule has 26 heavy (non-hydrogen) atoms. The predicted molar refractivity (Wildman–Crippen MR) is 103 cm³/mol. The molecule has 0 aliphatic rings. The molecule has 0 atom stereocenters. The molecule has 0 spiro atoms. The van der Waals surface area contributed by atoms with Gasteiger partial charge in [-0.15, -0.1) is 0 Å². The maximum Gasteiger partial charge on any atom is 0.252 e. The molecule has 138 valence electrons. The summed E-state index contributed by atoms with van der Waals surface area (Å²) in [6.07, 6.45) is 0. The van der Waals surface area contributed by atoms with Gasteiger partial charge in [-0.2, -0.15) is 0 Å². The molecule has 1 amide bonds. The number of guanidine groups is 1. The summed E-state index contributed by atoms with van der Waals surface area (Å²) in [5, 5.41) is 9.45. The van der Waals surface area contributed by atoms with Gasteiger partial charge in [-0.1, -0.05) is 35.9 Å². The first-order valence-corrected chi connectivity index (χ1v) is 8.77. The van der Waals surface area contributed by atoms with Gasteiger partial charge in [0.25, 0.3) is 5.91 Å². The summed E-state index contributed by atoms with van der Waals surface area (Å²) in [5.41, 5.74) is 1.23. The maximum atomic E-state index is 13.2. The number of aliphatic imine (C=N–C) groups is 1. The number of carbonyl (C=O) groups excluding carboxylic acids is 1. The molecule has 0 fully saturated rings. The summed E-state index contributed by atoms with van der Waals surface area (Å²) in [7, 11) is 0. The summed E-state index contributed by atoms with van der Waals surface area (Å²) in [6, 6.07) is 13.2. The zero-order valence-electron chi connectivity index (χ0n) is 14.6. The van der Waals surface area contributed by atoms with Gasteiger partial charge in [0.05, 0.1) is 17.1 Å². The highest BCUT2D eigenvalue weighted by molar-refractivity contribution is 6.33. The van der Waals surface area contributed by atoms with Crippen LogP contribution in [-0.2, 0) is 6.54 Å². The largest absolute Gasteiger partial charge is 0.357 e. The highest BCUT2D eigenvalue weighted by Crippen LogP contribution is 2.14. The predicted octanol–water partition coefficient (Wildman–Crippen LogP) is 2.96. The first kappa shape index (κ1) is 19.7. The van der Waals surface area contributed by atoms with E-state index < -0.39 is 0 Å². The fraction of sp³-hybridized carbons (Fsp3) is 0.263. The second-order valence-electron chi connectivity index (χ2n) is 5.49. The van der Waals surface area contributed by atoms with Crippen LogP contribution in [0.15, 0.2) is 53.5 Å². The van der Waals surface area contributed by atoms with Crippen molar-refractivity contribution in [3.05, 3.63) is 70.5 Å². The van der Waals surface area contributed by atoms with E-state index >= 15 is 0 Å². The molecule has 2 rings (SSSR count). The fourth-order valence-corrected chi connectivity index (χ4v) is 2.47. The number of hydrogen-bond donors (Lipinski definition) is 3. The molecule has 0 aromatic heterocycles. The van der Waals surface area contributed by atoms with Crippen molar-refractivity contribution in [2.45, 2.75) is 13.5 Å². The number of carbonyl (C=O) groups is 1. The number of nitrogens with zero attached hydrogens (tertiary/aromatic N) is 1. The van der Waals surface area contributed by atoms with Crippen LogP contribution in [0.4, 0.5) is 4.39 Å². The standard InChI is InChI=1S/C19H22ClFN4O/c1-2-22-19(25-13-14-6-5-7-15(21)12-14)24-11-10-23-18(26)16-8-3-4-9-17(16)20/h3-9,12H,2,10-11,13H2,1H3,(H,23,26)(H2,22,24,25). The van der Waals surface area contributed by atoms with E-state index in [0.717, 1.165) is 5.56 Å². The van der Waals surface area contributed by atoms with E-state index in [9.17, 15) is 9.18 Å². The Hall–Kier alpha value is -2.60. The first-order chi connectivity index (χ1) is 12.6. The molecule has 5 nitrogen and oxygen atoms in total. The van der Waals surface area contributed by atoms with Gasteiger partial charge in [-0.25, -0.2) is 9.38 Å². The third-order valence-electron chi connectivity index (χ3n) is 3.47. The quantitative estimate of drug-likeness (QED) is 0.395. The Bertz CT molecular complexity index is 767. The van der Waals surface area contributed by atoms with E-state index in [-0.39, 0.29) is 11.7 Å². The minimum Gasteiger partial charge on any atom is -0.357 e. The van der Waals surface area contributed by atoms with Crippen molar-refractivity contribution in [3.8, 4) is 0 Å². The van der Waals surface area contributed by atoms with Crippen LogP contribution in [0.5, 0.6) is 0 Å². The van der Waals surface area contributed by atoms with Crippen LogP contribution >= 0.6 is 11.6 Å². The van der Waals surface area contributed by atoms with Gasteiger partial charge in [0, 0.05) is 19.6 Å². The molecule has 0 saturated heterocycles. The second-order valence-corrected chi connectivity index (χ2v) is 5.89. The lowest BCUT2D eigenvalue weighted by molar-refractivity contribution is 0.0954. The van der Waals surface area contributed by atoms with Gasteiger partial charge >= 0.3 is 0 Å². The lowest BCUT2D eigenvalue weighted by Gasteiger charge is -2.12. The highest BCUT2D eigenvalue weighted by Gasteiger charge is 2.08. The number of nitrogens with one attached hydrogen (secondary N) is 3. The van der Waals surface area contributed by atoms with Crippen LogP contribution in [0.3, 0.4) is 0 Å². The van der Waals surface area contributed by atoms with Crippen molar-refractivity contribution in [3.63, 3.8) is 0 Å². The number of rotatable bonds is 7. The van der Waals surface area contributed by atoms with Gasteiger partial charge in [-0.05, 0) is 36.8 Å². The Kier molecular flexibility index (Phi) is 7.89. The van der Waals surface area contributed by atoms with E-state index in [0.29, 0.717) is 42.7 Å². The minimum absolute atomic E-state index is 0.223. The lowest BCUT2D eigenvalue weighted by atomic mass is 10.2. The van der Waals surface area contributed by atoms with Crippen LogP contribution in [0, 0.1) is 5.82 Å². The third kappa shape index (κ3) is 6.37. The Morgan fingerprint density at radius 3 is 2.58 bits per heavy atom. The van der Waals surface area contributed by atoms with Crippen molar-refractivity contribution in [2.75, 3.05) is 19.6 Å². The highest BCUT2D eigenvalue weighted by atomic mass is 35.5. The van der Waals surface area contributed by atoms with E-state index in [1.54, 1.807) is 30.3 Å². The average molecular weight is 377 g/mol. The molecule has 3 N–H and O–H groups in total. The molecular formula is C19H22ClFN4O. The van der Waals surface area contributed by atoms with Gasteiger partial charge in [0.15, 0.2) is 5.96 Å². The van der Waals surface area contributed by atoms with Gasteiger partial charge in [-0.3, -0.25) is 4.79 Å². The third-order valence-corrected chi connectivity index (χ3v) is 3.80. The maximum absolute atomic E-state index is 13.2. The molecule has 0 saturated carbocycles. The smallest absolute Gasteiger partial charge is 0.252 e. The Morgan fingerprint density at radius 1 is 1.08 bits per heavy atom. The molecule has 0 heterocycles. The Labute approximate surface area is 157 Å². The Balaban J connectivity index is 1.82. The first-order valence-electron chi connectivity index (χ1n) is 8.39. The van der Waals surface area contributed by atoms with Crippen LogP contribution in [-0.4, -0.2) is 31.5 Å². The summed E-state index contributed by atoms with van der Waals surface area (Å²) >= 11 is 6.00. The van der Waals surface area contributed by atoms with Crippen molar-refractivity contribution < 1.29 is 9.18 Å². The lowest BCUT2D eigenvalue weighted by Crippen LogP contribution is -2.41. The molecule has 0 bridgehead atoms. The molecule has 2 aromatic rings. The normalized spacial score (nSPS) is 11.1. The summed E-state index contributed by atoms with van der Waals surface area (Å²) < 4.78 is 13.2. The molecular weight excluding hydrogens is 355 g/mol. The minimum atomic E-state index is -0.280. The summed E-state index contributed by atoms with van der Waals surface area (Å²) in [5.74, 6) is 0.0980. The molecule has 7 heteroatoms. The monoisotopic (exact) mass is 376 g/mol. The van der Waals surface area contributed by atoms with Gasteiger partial charge < -0.3 is 16.0 Å². The molecule has 0 unspecified atom stereocenters. The van der Waals surface area contributed by atoms with Gasteiger partial charge in [0.2, 0.25) is 0 Å². The Morgan fingerprint density at radius 2 is 1.85 bits per heavy atom. The summed E-state index contributed by atoms with van der Waals surface area (Å²) in [6.45, 7) is 3.91. The number of hydrogen-bond acceptors (Lipinski definition) is 2. The van der Waals surface area contributed by atoms with E-state index in [4.69, 9.17) is 11.6 Å². The fourth-order valence-electron chi connectivity index (χ4n) is 2.24.